The van der Waals surface area contributed by atoms with E-state index >= 15 is 0 Å². The number of hydrogen-bond donors (Lipinski definition) is 0. The Labute approximate surface area is 95.8 Å². The van der Waals surface area contributed by atoms with Gasteiger partial charge in [-0.3, -0.25) is 0 Å². The maximum atomic E-state index is 12.6. The lowest BCUT2D eigenvalue weighted by atomic mass is 10.2. The van der Waals surface area contributed by atoms with E-state index in [-0.39, 0.29) is 5.56 Å². The van der Waals surface area contributed by atoms with Crippen molar-refractivity contribution in [1.82, 2.24) is 0 Å². The van der Waals surface area contributed by atoms with Gasteiger partial charge in [-0.15, -0.1) is 0 Å². The highest BCUT2D eigenvalue weighted by Crippen LogP contribution is 2.20. The molecule has 0 saturated carbocycles. The second-order valence-electron chi connectivity index (χ2n) is 3.03. The molecule has 1 rings (SSSR count). The predicted molar refractivity (Wildman–Crippen MR) is 51.4 cm³/mol. The monoisotopic (exact) mass is 265 g/mol. The highest BCUT2D eigenvalue weighted by atomic mass is 32.2. The van der Waals surface area contributed by atoms with Crippen molar-refractivity contribution in [3.8, 4) is 0 Å². The molecule has 0 radical (unpaired) electrons. The molecule has 0 atom stereocenters. The van der Waals surface area contributed by atoms with Gasteiger partial charge in [0, 0.05) is 0 Å². The molecule has 1 aromatic carbocycles. The quantitative estimate of drug-likeness (QED) is 0.598. The van der Waals surface area contributed by atoms with Gasteiger partial charge < -0.3 is 9.29 Å². The molecule has 5 nitrogen and oxygen atoms in total. The molecule has 0 amide bonds. The van der Waals surface area contributed by atoms with E-state index in [4.69, 9.17) is 0 Å². The number of hydrogen-bond acceptors (Lipinski definition) is 5. The average Bonchev–Trinajstić information content (AvgIpc) is 2.25. The Morgan fingerprint density at radius 2 is 1.82 bits per heavy atom. The number of rotatable bonds is 4. The normalized spacial score (nSPS) is 12.2. The summed E-state index contributed by atoms with van der Waals surface area (Å²) in [5.41, 5.74) is -0.0217. The van der Waals surface area contributed by atoms with Gasteiger partial charge in [-0.25, -0.2) is 13.2 Å². The molecular formula is C9H7F2O5S-. The van der Waals surface area contributed by atoms with Crippen LogP contribution in [0.4, 0.5) is 8.78 Å². The van der Waals surface area contributed by atoms with E-state index in [1.165, 1.54) is 24.3 Å². The zero-order valence-corrected chi connectivity index (χ0v) is 9.12. The Morgan fingerprint density at radius 3 is 2.29 bits per heavy atom. The van der Waals surface area contributed by atoms with Crippen LogP contribution < -0.4 is 0 Å². The van der Waals surface area contributed by atoms with E-state index in [1.54, 1.807) is 6.07 Å². The summed E-state index contributed by atoms with van der Waals surface area (Å²) in [6, 6.07) is 7.13. The standard InChI is InChI=1S/C9H8F2O5S/c10-9(11,17(13,14)15)6-16-8(12)7-4-2-1-3-5-7/h1-5H,6H2,(H,13,14,15)/p-1. The maximum Gasteiger partial charge on any atom is 0.367 e. The first-order valence-corrected chi connectivity index (χ1v) is 5.70. The van der Waals surface area contributed by atoms with Gasteiger partial charge in [0.15, 0.2) is 16.7 Å². The lowest BCUT2D eigenvalue weighted by molar-refractivity contribution is -0.00996. The molecule has 17 heavy (non-hydrogen) atoms. The van der Waals surface area contributed by atoms with Crippen LogP contribution in [0.5, 0.6) is 0 Å². The molecule has 0 aliphatic carbocycles. The van der Waals surface area contributed by atoms with Gasteiger partial charge in [-0.1, -0.05) is 18.2 Å². The van der Waals surface area contributed by atoms with Crippen molar-refractivity contribution in [2.45, 2.75) is 5.25 Å². The van der Waals surface area contributed by atoms with Crippen molar-refractivity contribution in [2.24, 2.45) is 0 Å². The summed E-state index contributed by atoms with van der Waals surface area (Å²) < 4.78 is 59.6. The van der Waals surface area contributed by atoms with Crippen LogP contribution in [0.1, 0.15) is 10.4 Å². The molecule has 0 aliphatic rings. The third-order valence-corrected chi connectivity index (χ3v) is 2.60. The number of halogens is 2. The van der Waals surface area contributed by atoms with Crippen molar-refractivity contribution in [1.29, 1.82) is 0 Å². The topological polar surface area (TPSA) is 83.5 Å². The van der Waals surface area contributed by atoms with E-state index < -0.39 is 27.9 Å². The Balaban J connectivity index is 2.67. The summed E-state index contributed by atoms with van der Waals surface area (Å²) in [4.78, 5) is 11.2. The SMILES string of the molecule is O=C(OCC(F)(F)S(=O)(=O)[O-])c1ccccc1. The molecule has 0 aliphatic heterocycles. The van der Waals surface area contributed by atoms with E-state index in [2.05, 4.69) is 4.74 Å². The van der Waals surface area contributed by atoms with Crippen LogP contribution in [-0.4, -0.2) is 30.8 Å². The van der Waals surface area contributed by atoms with Gasteiger partial charge in [-0.05, 0) is 12.1 Å². The lowest BCUT2D eigenvalue weighted by Crippen LogP contribution is -2.34. The highest BCUT2D eigenvalue weighted by Gasteiger charge is 2.39. The molecule has 0 unspecified atom stereocenters. The minimum atomic E-state index is -5.84. The maximum absolute atomic E-state index is 12.6. The first-order chi connectivity index (χ1) is 7.74. The number of alkyl halides is 2. The van der Waals surface area contributed by atoms with Crippen molar-refractivity contribution < 1.29 is 31.3 Å². The van der Waals surface area contributed by atoms with Crippen LogP contribution in [-0.2, 0) is 14.9 Å². The fraction of sp³-hybridized carbons (Fsp3) is 0.222. The summed E-state index contributed by atoms with van der Waals surface area (Å²) in [6.07, 6.45) is 0. The van der Waals surface area contributed by atoms with E-state index in [0.29, 0.717) is 0 Å². The summed E-state index contributed by atoms with van der Waals surface area (Å²) in [5, 5.41) is -4.63. The minimum absolute atomic E-state index is 0.0217. The van der Waals surface area contributed by atoms with Crippen molar-refractivity contribution in [2.75, 3.05) is 6.61 Å². The van der Waals surface area contributed by atoms with Crippen LogP contribution >= 0.6 is 0 Å². The molecule has 94 valence electrons. The van der Waals surface area contributed by atoms with E-state index in [0.717, 1.165) is 0 Å². The van der Waals surface area contributed by atoms with Gasteiger partial charge in [-0.2, -0.15) is 8.78 Å². The fourth-order valence-electron chi connectivity index (χ4n) is 0.879. The Morgan fingerprint density at radius 1 is 1.29 bits per heavy atom. The summed E-state index contributed by atoms with van der Waals surface area (Å²) in [6.45, 7) is -1.80. The van der Waals surface area contributed by atoms with Gasteiger partial charge >= 0.3 is 11.2 Å². The highest BCUT2D eigenvalue weighted by molar-refractivity contribution is 7.86. The molecule has 0 fully saturated rings. The van der Waals surface area contributed by atoms with Crippen LogP contribution in [0, 0.1) is 0 Å². The predicted octanol–water partition coefficient (Wildman–Crippen LogP) is 0.981. The number of carbonyl (C=O) groups excluding carboxylic acids is 1. The van der Waals surface area contributed by atoms with Crippen molar-refractivity contribution in [3.63, 3.8) is 0 Å². The molecule has 8 heteroatoms. The molecular weight excluding hydrogens is 258 g/mol. The first-order valence-electron chi connectivity index (χ1n) is 4.29. The zero-order chi connectivity index (χ0) is 13.1. The van der Waals surface area contributed by atoms with Gasteiger partial charge in [0.1, 0.15) is 0 Å². The number of esters is 1. The molecule has 1 aromatic rings. The summed E-state index contributed by atoms with van der Waals surface area (Å²) in [7, 11) is -5.84. The Kier molecular flexibility index (Phi) is 3.79. The summed E-state index contributed by atoms with van der Waals surface area (Å²) >= 11 is 0. The van der Waals surface area contributed by atoms with Gasteiger partial charge in [0.2, 0.25) is 0 Å². The van der Waals surface area contributed by atoms with Crippen molar-refractivity contribution >= 4 is 16.1 Å². The minimum Gasteiger partial charge on any atom is -0.743 e. The van der Waals surface area contributed by atoms with Crippen molar-refractivity contribution in [3.05, 3.63) is 35.9 Å². The van der Waals surface area contributed by atoms with Crippen LogP contribution in [0.15, 0.2) is 30.3 Å². The van der Waals surface area contributed by atoms with E-state index in [1.807, 2.05) is 0 Å². The lowest BCUT2D eigenvalue weighted by Gasteiger charge is -2.19. The molecule has 0 saturated heterocycles. The molecule has 0 heterocycles. The number of benzene rings is 1. The summed E-state index contributed by atoms with van der Waals surface area (Å²) in [5.74, 6) is -1.13. The van der Waals surface area contributed by atoms with E-state index in [9.17, 15) is 26.5 Å². The number of carbonyl (C=O) groups is 1. The van der Waals surface area contributed by atoms with Crippen LogP contribution in [0.25, 0.3) is 0 Å². The molecule has 0 N–H and O–H groups in total. The number of ether oxygens (including phenoxy) is 1. The third kappa shape index (κ3) is 3.46. The third-order valence-electron chi connectivity index (χ3n) is 1.75. The second-order valence-corrected chi connectivity index (χ2v) is 4.54. The smallest absolute Gasteiger partial charge is 0.367 e. The first kappa shape index (κ1) is 13.5. The van der Waals surface area contributed by atoms with Crippen LogP contribution in [0.2, 0.25) is 0 Å². The van der Waals surface area contributed by atoms with Crippen LogP contribution in [0.3, 0.4) is 0 Å². The molecule has 0 spiro atoms. The molecule has 0 aromatic heterocycles. The van der Waals surface area contributed by atoms with Gasteiger partial charge in [0.25, 0.3) is 0 Å². The fourth-order valence-corrected chi connectivity index (χ4v) is 1.08. The Hall–Kier alpha value is -1.54. The zero-order valence-electron chi connectivity index (χ0n) is 8.30. The largest absolute Gasteiger partial charge is 0.743 e. The Bertz CT molecular complexity index is 497. The second kappa shape index (κ2) is 4.76. The average molecular weight is 265 g/mol. The van der Waals surface area contributed by atoms with Gasteiger partial charge in [0.05, 0.1) is 5.56 Å². The molecule has 0 bridgehead atoms.